The van der Waals surface area contributed by atoms with Crippen molar-refractivity contribution < 1.29 is 14.7 Å². The molecule has 23 heavy (non-hydrogen) atoms. The van der Waals surface area contributed by atoms with Crippen molar-refractivity contribution in [3.8, 4) is 0 Å². The monoisotopic (exact) mass is 307 g/mol. The number of anilines is 1. The predicted molar refractivity (Wildman–Crippen MR) is 88.9 cm³/mol. The Balaban J connectivity index is 2.19. The van der Waals surface area contributed by atoms with Gasteiger partial charge < -0.3 is 10.0 Å². The lowest BCUT2D eigenvalue weighted by atomic mass is 9.98. The topological polar surface area (TPSA) is 57.6 Å². The third-order valence-corrected chi connectivity index (χ3v) is 4.10. The Bertz CT molecular complexity index is 810. The molecular formula is C19H17NO3. The van der Waals surface area contributed by atoms with E-state index in [1.54, 1.807) is 17.0 Å². The lowest BCUT2D eigenvalue weighted by Crippen LogP contribution is -2.28. The van der Waals surface area contributed by atoms with E-state index >= 15 is 0 Å². The van der Waals surface area contributed by atoms with Crippen molar-refractivity contribution in [2.45, 2.75) is 19.4 Å². The first-order chi connectivity index (χ1) is 11.0. The number of amides is 1. The third kappa shape index (κ3) is 2.42. The number of aromatic carboxylic acids is 1. The number of rotatable bonds is 4. The van der Waals surface area contributed by atoms with Crippen molar-refractivity contribution >= 4 is 17.6 Å². The van der Waals surface area contributed by atoms with Gasteiger partial charge in [0.25, 0.3) is 5.91 Å². The maximum atomic E-state index is 12.9. The molecule has 2 aromatic carbocycles. The standard InChI is InChI=1S/C19H17NO3/c1-3-6-16-14-9-5-10-15(19(22)23)17(14)18(21)20(16)13-8-4-7-12(2)11-13/h3-5,7-11,16H,1,6H2,2H3,(H,22,23)/t16-/m0/s1. The first-order valence-corrected chi connectivity index (χ1v) is 7.42. The van der Waals surface area contributed by atoms with E-state index in [-0.39, 0.29) is 23.1 Å². The van der Waals surface area contributed by atoms with E-state index in [4.69, 9.17) is 0 Å². The van der Waals surface area contributed by atoms with Crippen LogP contribution in [0.15, 0.2) is 55.1 Å². The number of hydrogen-bond donors (Lipinski definition) is 1. The lowest BCUT2D eigenvalue weighted by Gasteiger charge is -2.25. The Kier molecular flexibility index (Phi) is 3.74. The zero-order valence-electron chi connectivity index (χ0n) is 12.8. The number of carboxylic acid groups (broad SMARTS) is 1. The van der Waals surface area contributed by atoms with E-state index in [2.05, 4.69) is 6.58 Å². The average molecular weight is 307 g/mol. The highest BCUT2D eigenvalue weighted by Gasteiger charge is 2.39. The van der Waals surface area contributed by atoms with Crippen LogP contribution in [0.25, 0.3) is 0 Å². The molecule has 2 aromatic rings. The normalized spacial score (nSPS) is 16.3. The molecule has 0 aliphatic carbocycles. The molecule has 1 amide bonds. The summed E-state index contributed by atoms with van der Waals surface area (Å²) in [6, 6.07) is 12.4. The third-order valence-electron chi connectivity index (χ3n) is 4.10. The van der Waals surface area contributed by atoms with Gasteiger partial charge in [0.1, 0.15) is 0 Å². The van der Waals surface area contributed by atoms with E-state index in [9.17, 15) is 14.7 Å². The smallest absolute Gasteiger partial charge is 0.336 e. The van der Waals surface area contributed by atoms with Crippen LogP contribution in [0.1, 0.15) is 44.3 Å². The van der Waals surface area contributed by atoms with Gasteiger partial charge in [0.05, 0.1) is 17.2 Å². The fourth-order valence-corrected chi connectivity index (χ4v) is 3.13. The molecule has 4 heteroatoms. The summed E-state index contributed by atoms with van der Waals surface area (Å²) in [5.74, 6) is -1.35. The van der Waals surface area contributed by atoms with Crippen molar-refractivity contribution in [1.82, 2.24) is 0 Å². The van der Waals surface area contributed by atoms with Gasteiger partial charge in [0, 0.05) is 5.69 Å². The fraction of sp³-hybridized carbons (Fsp3) is 0.158. The van der Waals surface area contributed by atoms with E-state index in [0.717, 1.165) is 16.8 Å². The van der Waals surface area contributed by atoms with Gasteiger partial charge in [0.2, 0.25) is 0 Å². The number of carbonyl (C=O) groups excluding carboxylic acids is 1. The van der Waals surface area contributed by atoms with Crippen molar-refractivity contribution in [2.75, 3.05) is 4.90 Å². The summed E-state index contributed by atoms with van der Waals surface area (Å²) in [6.07, 6.45) is 2.32. The Morgan fingerprint density at radius 2 is 2.04 bits per heavy atom. The minimum absolute atomic E-state index is 0.0525. The zero-order chi connectivity index (χ0) is 16.6. The quantitative estimate of drug-likeness (QED) is 0.869. The molecular weight excluding hydrogens is 290 g/mol. The van der Waals surface area contributed by atoms with Crippen LogP contribution in [-0.2, 0) is 0 Å². The van der Waals surface area contributed by atoms with Gasteiger partial charge in [-0.05, 0) is 42.7 Å². The second kappa shape index (κ2) is 5.72. The molecule has 1 N–H and O–H groups in total. The Morgan fingerprint density at radius 3 is 2.70 bits per heavy atom. The number of benzene rings is 2. The fourth-order valence-electron chi connectivity index (χ4n) is 3.13. The highest BCUT2D eigenvalue weighted by atomic mass is 16.4. The molecule has 0 saturated heterocycles. The van der Waals surface area contributed by atoms with Crippen molar-refractivity contribution in [3.63, 3.8) is 0 Å². The number of fused-ring (bicyclic) bond motifs is 1. The second-order valence-electron chi connectivity index (χ2n) is 5.63. The minimum Gasteiger partial charge on any atom is -0.478 e. The lowest BCUT2D eigenvalue weighted by molar-refractivity contribution is 0.0692. The van der Waals surface area contributed by atoms with Crippen LogP contribution in [0.2, 0.25) is 0 Å². The zero-order valence-corrected chi connectivity index (χ0v) is 12.8. The molecule has 0 spiro atoms. The van der Waals surface area contributed by atoms with E-state index < -0.39 is 5.97 Å². The summed E-state index contributed by atoms with van der Waals surface area (Å²) in [7, 11) is 0. The highest BCUT2D eigenvalue weighted by molar-refractivity contribution is 6.16. The van der Waals surface area contributed by atoms with Crippen LogP contribution < -0.4 is 4.90 Å². The van der Waals surface area contributed by atoms with Crippen LogP contribution in [0.3, 0.4) is 0 Å². The van der Waals surface area contributed by atoms with Crippen molar-refractivity contribution in [3.05, 3.63) is 77.4 Å². The largest absolute Gasteiger partial charge is 0.478 e. The van der Waals surface area contributed by atoms with E-state index in [0.29, 0.717) is 6.42 Å². The highest BCUT2D eigenvalue weighted by Crippen LogP contribution is 2.41. The Morgan fingerprint density at radius 1 is 1.30 bits per heavy atom. The molecule has 0 unspecified atom stereocenters. The van der Waals surface area contributed by atoms with Gasteiger partial charge in [-0.15, -0.1) is 6.58 Å². The number of aryl methyl sites for hydroxylation is 1. The number of nitrogens with zero attached hydrogens (tertiary/aromatic N) is 1. The van der Waals surface area contributed by atoms with Crippen LogP contribution in [-0.4, -0.2) is 17.0 Å². The molecule has 0 fully saturated rings. The molecule has 4 nitrogen and oxygen atoms in total. The first-order valence-electron chi connectivity index (χ1n) is 7.42. The summed E-state index contributed by atoms with van der Waals surface area (Å²) >= 11 is 0. The van der Waals surface area contributed by atoms with Crippen LogP contribution in [0.4, 0.5) is 5.69 Å². The molecule has 3 rings (SSSR count). The predicted octanol–water partition coefficient (Wildman–Crippen LogP) is 3.97. The minimum atomic E-state index is -1.08. The van der Waals surface area contributed by atoms with Gasteiger partial charge >= 0.3 is 5.97 Å². The molecule has 1 aliphatic heterocycles. The van der Waals surface area contributed by atoms with Gasteiger partial charge in [0.15, 0.2) is 0 Å². The average Bonchev–Trinajstić information content (AvgIpc) is 2.80. The van der Waals surface area contributed by atoms with Crippen molar-refractivity contribution in [1.29, 1.82) is 0 Å². The van der Waals surface area contributed by atoms with Crippen molar-refractivity contribution in [2.24, 2.45) is 0 Å². The summed E-state index contributed by atoms with van der Waals surface area (Å²) in [4.78, 5) is 26.1. The molecule has 1 aliphatic rings. The van der Waals surface area contributed by atoms with Crippen LogP contribution in [0, 0.1) is 6.92 Å². The molecule has 0 saturated carbocycles. The van der Waals surface area contributed by atoms with Gasteiger partial charge in [-0.3, -0.25) is 4.79 Å². The Hall–Kier alpha value is -2.88. The number of carbonyl (C=O) groups is 2. The van der Waals surface area contributed by atoms with Crippen LogP contribution in [0.5, 0.6) is 0 Å². The van der Waals surface area contributed by atoms with E-state index in [1.807, 2.05) is 37.3 Å². The number of hydrogen-bond acceptors (Lipinski definition) is 2. The SMILES string of the molecule is C=CC[C@H]1c2cccc(C(=O)O)c2C(=O)N1c1cccc(C)c1. The van der Waals surface area contributed by atoms with Gasteiger partial charge in [-0.1, -0.05) is 30.3 Å². The maximum Gasteiger partial charge on any atom is 0.336 e. The molecule has 0 bridgehead atoms. The maximum absolute atomic E-state index is 12.9. The summed E-state index contributed by atoms with van der Waals surface area (Å²) in [5.41, 5.74) is 2.90. The van der Waals surface area contributed by atoms with E-state index in [1.165, 1.54) is 6.07 Å². The molecule has 0 aromatic heterocycles. The van der Waals surface area contributed by atoms with Gasteiger partial charge in [-0.25, -0.2) is 4.79 Å². The molecule has 0 radical (unpaired) electrons. The summed E-state index contributed by atoms with van der Waals surface area (Å²) in [5, 5.41) is 9.39. The summed E-state index contributed by atoms with van der Waals surface area (Å²) in [6.45, 7) is 5.73. The first kappa shape index (κ1) is 15.0. The number of carboxylic acids is 1. The second-order valence-corrected chi connectivity index (χ2v) is 5.63. The van der Waals surface area contributed by atoms with Gasteiger partial charge in [-0.2, -0.15) is 0 Å². The summed E-state index contributed by atoms with van der Waals surface area (Å²) < 4.78 is 0. The molecule has 116 valence electrons. The van der Waals surface area contributed by atoms with Crippen LogP contribution >= 0.6 is 0 Å². The Labute approximate surface area is 134 Å². The molecule has 1 atom stereocenters. The molecule has 1 heterocycles.